The number of nitro benzene ring substituents is 1. The molecule has 0 aliphatic carbocycles. The monoisotopic (exact) mass is 1280 g/mol. The quantitative estimate of drug-likeness (QED) is 0.0261. The number of nitro groups is 1. The maximum absolute atomic E-state index is 13.9. The summed E-state index contributed by atoms with van der Waals surface area (Å²) in [5.74, 6) is -2.30. The first-order chi connectivity index (χ1) is 40.4. The predicted octanol–water partition coefficient (Wildman–Crippen LogP) is 8.93. The number of nitrogens with one attached hydrogen (secondary N) is 4. The van der Waals surface area contributed by atoms with E-state index in [1.165, 1.54) is 63.7 Å². The molecular formula is C59H56BrN7O13S4. The Bertz CT molecular complexity index is 3850. The third kappa shape index (κ3) is 12.5. The van der Waals surface area contributed by atoms with Crippen LogP contribution in [0.15, 0.2) is 179 Å². The maximum Gasteiger partial charge on any atom is 0.282 e. The number of hydrogen-bond acceptors (Lipinski definition) is 17. The van der Waals surface area contributed by atoms with Crippen LogP contribution in [0, 0.1) is 10.1 Å². The predicted molar refractivity (Wildman–Crippen MR) is 320 cm³/mol. The van der Waals surface area contributed by atoms with Gasteiger partial charge in [0.2, 0.25) is 11.8 Å². The molecule has 5 heterocycles. The summed E-state index contributed by atoms with van der Waals surface area (Å²) < 4.78 is 58.2. The van der Waals surface area contributed by atoms with E-state index in [1.807, 2.05) is 91.0 Å². The highest BCUT2D eigenvalue weighted by Crippen LogP contribution is 2.47. The van der Waals surface area contributed by atoms with Gasteiger partial charge in [-0.1, -0.05) is 109 Å². The minimum atomic E-state index is -4.07. The van der Waals surface area contributed by atoms with Crippen LogP contribution < -0.4 is 21.6 Å². The van der Waals surface area contributed by atoms with Gasteiger partial charge in [-0.15, -0.1) is 22.7 Å². The fraction of sp³-hybridized carbons (Fsp3) is 0.237. The molecule has 4 amide bonds. The lowest BCUT2D eigenvalue weighted by atomic mass is 9.80. The summed E-state index contributed by atoms with van der Waals surface area (Å²) in [6.45, 7) is 0.490. The van der Waals surface area contributed by atoms with E-state index in [-0.39, 0.29) is 55.3 Å². The number of amides is 4. The first-order valence-electron chi connectivity index (χ1n) is 26.2. The van der Waals surface area contributed by atoms with Crippen molar-refractivity contribution in [2.24, 2.45) is 0 Å². The second-order valence-corrected chi connectivity index (χ2v) is 28.1. The number of carbonyl (C=O) groups excluding carboxylic acids is 4. The molecule has 2 fully saturated rings. The van der Waals surface area contributed by atoms with Crippen LogP contribution in [0.3, 0.4) is 0 Å². The van der Waals surface area contributed by atoms with Gasteiger partial charge in [0, 0.05) is 58.5 Å². The summed E-state index contributed by atoms with van der Waals surface area (Å²) in [6.07, 6.45) is 2.15. The van der Waals surface area contributed by atoms with Crippen LogP contribution in [0.1, 0.15) is 72.8 Å². The van der Waals surface area contributed by atoms with Crippen molar-refractivity contribution in [1.82, 2.24) is 31.5 Å². The number of carbonyl (C=O) groups is 4. The third-order valence-corrected chi connectivity index (χ3v) is 23.3. The number of halogens is 1. The molecule has 0 bridgehead atoms. The Morgan fingerprint density at radius 1 is 0.738 bits per heavy atom. The van der Waals surface area contributed by atoms with Crippen molar-refractivity contribution in [1.29, 1.82) is 0 Å². The zero-order valence-electron chi connectivity index (χ0n) is 44.9. The summed E-state index contributed by atoms with van der Waals surface area (Å²) in [4.78, 5) is 76.1. The number of sulfone groups is 2. The normalized spacial score (nSPS) is 18.4. The third-order valence-electron chi connectivity index (χ3n) is 14.9. The molecule has 8 aromatic rings. The van der Waals surface area contributed by atoms with Gasteiger partial charge in [0.25, 0.3) is 17.5 Å². The van der Waals surface area contributed by atoms with Gasteiger partial charge in [-0.3, -0.25) is 39.3 Å². The summed E-state index contributed by atoms with van der Waals surface area (Å²) in [5, 5.41) is 26.6. The molecule has 2 aliphatic rings. The van der Waals surface area contributed by atoms with Gasteiger partial charge >= 0.3 is 0 Å². The number of hydroxylamine groups is 2. The van der Waals surface area contributed by atoms with Gasteiger partial charge in [-0.05, 0) is 100 Å². The van der Waals surface area contributed by atoms with E-state index in [9.17, 15) is 51.3 Å². The lowest BCUT2D eigenvalue weighted by Gasteiger charge is -2.36. The van der Waals surface area contributed by atoms with Crippen LogP contribution in [-0.4, -0.2) is 105 Å². The molecule has 2 atom stereocenters. The number of hydrogen-bond donors (Lipinski definition) is 5. The zero-order chi connectivity index (χ0) is 59.7. The molecule has 84 heavy (non-hydrogen) atoms. The van der Waals surface area contributed by atoms with Crippen LogP contribution >= 0.6 is 38.6 Å². The van der Waals surface area contributed by atoms with E-state index in [2.05, 4.69) is 37.0 Å². The van der Waals surface area contributed by atoms with Crippen molar-refractivity contribution in [3.8, 4) is 21.8 Å². The fourth-order valence-corrected chi connectivity index (χ4v) is 18.1. The van der Waals surface area contributed by atoms with Gasteiger partial charge in [-0.25, -0.2) is 32.8 Å². The topological polar surface area (TPSA) is 287 Å². The standard InChI is InChI=1S/C32H32BrN3O5S2.C27H24N4O8S2/c1-34-30(38)23-12-14-26(15-13-23)32(24-8-4-2-5-9-24,25-10-6-3-7-11-25)41-36-29(37)22-31(27-16-17-28(33)42-27)18-19-35-20-21-43(31,39)40;32-25(29-34)15-27(24-10-9-23(40-24)19-7-5-18(6-8-19)22-16-28-17-39-22)11-12-30(13-14-41(27,37)38)26(33)20-3-1-2-4-21(20)31(35)36/h2-17,35H,18-22H2,1H3,(H,34,38)(H,36,37);1-10,16-17,34H,11-15H2,(H,29,32). The van der Waals surface area contributed by atoms with Gasteiger partial charge in [0.1, 0.15) is 15.1 Å². The Hall–Kier alpha value is -7.75. The lowest BCUT2D eigenvalue weighted by molar-refractivity contribution is -0.385. The van der Waals surface area contributed by atoms with E-state index < -0.39 is 69.6 Å². The molecule has 2 aliphatic heterocycles. The molecular weight excluding hydrogens is 1220 g/mol. The van der Waals surface area contributed by atoms with E-state index in [4.69, 9.17) is 9.25 Å². The van der Waals surface area contributed by atoms with Gasteiger partial charge in [-0.2, -0.15) is 0 Å². The van der Waals surface area contributed by atoms with Crippen molar-refractivity contribution in [2.75, 3.05) is 44.7 Å². The molecule has 25 heteroatoms. The van der Waals surface area contributed by atoms with Crippen molar-refractivity contribution in [3.63, 3.8) is 0 Å². The minimum Gasteiger partial charge on any atom is -0.444 e. The summed E-state index contributed by atoms with van der Waals surface area (Å²) in [5.41, 5.74) is 6.58. The van der Waals surface area contributed by atoms with Crippen LogP contribution in [0.25, 0.3) is 21.8 Å². The van der Waals surface area contributed by atoms with Gasteiger partial charge < -0.3 is 20.0 Å². The summed E-state index contributed by atoms with van der Waals surface area (Å²) >= 11 is 5.98. The highest BCUT2D eigenvalue weighted by atomic mass is 79.9. The lowest BCUT2D eigenvalue weighted by Crippen LogP contribution is -2.45. The Morgan fingerprint density at radius 3 is 1.95 bits per heavy atom. The van der Waals surface area contributed by atoms with E-state index in [1.54, 1.807) is 55.7 Å². The molecule has 2 saturated heterocycles. The number of rotatable bonds is 16. The average molecular weight is 1280 g/mol. The fourth-order valence-electron chi connectivity index (χ4n) is 10.5. The molecule has 436 valence electrons. The first kappa shape index (κ1) is 60.8. The number of nitrogens with zero attached hydrogens (tertiary/aromatic N) is 3. The highest BCUT2D eigenvalue weighted by Gasteiger charge is 2.51. The largest absolute Gasteiger partial charge is 0.444 e. The van der Waals surface area contributed by atoms with Crippen molar-refractivity contribution in [2.45, 2.75) is 40.8 Å². The molecule has 0 radical (unpaired) electrons. The molecule has 3 aromatic heterocycles. The van der Waals surface area contributed by atoms with Crippen molar-refractivity contribution < 1.29 is 55.4 Å². The SMILES string of the molecule is CNC(=O)c1ccc(C(ONC(=O)CC2(c3ccc(Br)s3)CCNCCS2(=O)=O)(c2ccccc2)c2ccccc2)cc1.O=C(CC1(c2ccc(-c3ccc(-c4cnco4)cc3)s2)CCN(C(=O)c2ccccc2[N+](=O)[O-])CCS1(=O)=O)NO. The smallest absolute Gasteiger partial charge is 0.282 e. The van der Waals surface area contributed by atoms with Crippen LogP contribution in [0.5, 0.6) is 0 Å². The number of benzene rings is 5. The Balaban J connectivity index is 0.000000202. The molecule has 0 saturated carbocycles. The minimum absolute atomic E-state index is 0.0771. The van der Waals surface area contributed by atoms with Crippen LogP contribution in [0.2, 0.25) is 0 Å². The number of aromatic nitrogens is 1. The van der Waals surface area contributed by atoms with Crippen LogP contribution in [-0.2, 0) is 49.2 Å². The number of thiophene rings is 2. The Morgan fingerprint density at radius 2 is 1.33 bits per heavy atom. The van der Waals surface area contributed by atoms with Crippen LogP contribution in [0.4, 0.5) is 5.69 Å². The second kappa shape index (κ2) is 26.0. The highest BCUT2D eigenvalue weighted by molar-refractivity contribution is 9.11. The zero-order valence-corrected chi connectivity index (χ0v) is 49.8. The Labute approximate surface area is 500 Å². The van der Waals surface area contributed by atoms with Gasteiger partial charge in [0.05, 0.1) is 39.3 Å². The van der Waals surface area contributed by atoms with Crippen molar-refractivity contribution >= 4 is 87.6 Å². The van der Waals surface area contributed by atoms with Crippen molar-refractivity contribution in [3.05, 3.63) is 222 Å². The number of oxazole rings is 1. The van der Waals surface area contributed by atoms with Gasteiger partial charge in [0.15, 0.2) is 37.4 Å². The average Bonchev–Trinajstić information content (AvgIpc) is 1.60. The van der Waals surface area contributed by atoms with E-state index in [0.717, 1.165) is 30.9 Å². The van der Waals surface area contributed by atoms with E-state index >= 15 is 0 Å². The molecule has 0 spiro atoms. The molecule has 5 aromatic carbocycles. The molecule has 20 nitrogen and oxygen atoms in total. The first-order valence-corrected chi connectivity index (χ1v) is 32.0. The summed E-state index contributed by atoms with van der Waals surface area (Å²) in [6, 6.07) is 45.8. The number of para-hydroxylation sites is 1. The molecule has 2 unspecified atom stereocenters. The molecule has 10 rings (SSSR count). The maximum atomic E-state index is 13.9. The van der Waals surface area contributed by atoms with E-state index in [0.29, 0.717) is 39.7 Å². The Kier molecular flexibility index (Phi) is 18.8. The molecule has 5 N–H and O–H groups in total. The summed E-state index contributed by atoms with van der Waals surface area (Å²) in [7, 11) is -6.21. The second-order valence-electron chi connectivity index (χ2n) is 19.7.